The van der Waals surface area contributed by atoms with E-state index in [2.05, 4.69) is 107 Å². The Bertz CT molecular complexity index is 1570. The van der Waals surface area contributed by atoms with Crippen LogP contribution in [0.3, 0.4) is 0 Å². The number of hydrogen-bond acceptors (Lipinski definition) is 6. The van der Waals surface area contributed by atoms with Crippen LogP contribution in [0.1, 0.15) is 68.2 Å². The minimum absolute atomic E-state index is 0.0214. The second kappa shape index (κ2) is 20.4. The number of aryl methyl sites for hydroxylation is 3. The van der Waals surface area contributed by atoms with Crippen LogP contribution in [-0.4, -0.2) is 54.0 Å². The van der Waals surface area contributed by atoms with Gasteiger partial charge in [-0.05, 0) is 78.0 Å². The van der Waals surface area contributed by atoms with Crippen molar-refractivity contribution in [2.75, 3.05) is 26.4 Å². The van der Waals surface area contributed by atoms with Gasteiger partial charge in [0.25, 0.3) is 0 Å². The molecule has 6 heteroatoms. The number of fused-ring (bicyclic) bond motifs is 1. The first kappa shape index (κ1) is 39.3. The summed E-state index contributed by atoms with van der Waals surface area (Å²) in [4.78, 5) is 21.2. The van der Waals surface area contributed by atoms with Gasteiger partial charge >= 0.3 is 5.97 Å². The molecule has 0 bridgehead atoms. The maximum Gasteiger partial charge on any atom is 0.335 e. The van der Waals surface area contributed by atoms with E-state index in [1.165, 1.54) is 70.2 Å². The van der Waals surface area contributed by atoms with Crippen molar-refractivity contribution in [3.63, 3.8) is 0 Å². The van der Waals surface area contributed by atoms with Gasteiger partial charge in [-0.25, -0.2) is 4.79 Å². The fourth-order valence-electron chi connectivity index (χ4n) is 6.07. The summed E-state index contributed by atoms with van der Waals surface area (Å²) in [7, 11) is 0. The third-order valence-electron chi connectivity index (χ3n) is 9.12. The van der Waals surface area contributed by atoms with Gasteiger partial charge in [-0.2, -0.15) is 0 Å². The quantitative estimate of drug-likeness (QED) is 0.0688. The number of rotatable bonds is 17. The summed E-state index contributed by atoms with van der Waals surface area (Å²) in [6.07, 6.45) is 22.3. The van der Waals surface area contributed by atoms with Gasteiger partial charge in [-0.15, -0.1) is 0 Å². The van der Waals surface area contributed by atoms with Crippen molar-refractivity contribution in [3.05, 3.63) is 125 Å². The number of aliphatic hydroxyl groups is 3. The van der Waals surface area contributed by atoms with Crippen LogP contribution in [0, 0.1) is 24.7 Å². The molecule has 0 heterocycles. The summed E-state index contributed by atoms with van der Waals surface area (Å²) in [5.41, 5.74) is 10.6. The Morgan fingerprint density at radius 1 is 0.918 bits per heavy atom. The first-order valence-electron chi connectivity index (χ1n) is 17.5. The number of carbonyl (C=O) groups is 2. The van der Waals surface area contributed by atoms with Crippen molar-refractivity contribution in [2.45, 2.75) is 65.7 Å². The van der Waals surface area contributed by atoms with Crippen LogP contribution in [-0.2, 0) is 27.2 Å². The van der Waals surface area contributed by atoms with Gasteiger partial charge in [0.05, 0.1) is 25.4 Å². The molecular formula is C43H54O6. The first-order valence-corrected chi connectivity index (χ1v) is 17.5. The molecule has 0 spiro atoms. The van der Waals surface area contributed by atoms with Crippen LogP contribution in [0.4, 0.5) is 0 Å². The van der Waals surface area contributed by atoms with E-state index in [1.54, 1.807) is 0 Å². The van der Waals surface area contributed by atoms with Gasteiger partial charge in [-0.3, -0.25) is 4.79 Å². The average Bonchev–Trinajstić information content (AvgIpc) is 3.13. The third kappa shape index (κ3) is 11.8. The maximum absolute atomic E-state index is 11.8. The fraction of sp³-hybridized carbons (Fsp3) is 0.395. The van der Waals surface area contributed by atoms with Gasteiger partial charge in [-0.1, -0.05) is 118 Å². The summed E-state index contributed by atoms with van der Waals surface area (Å²) in [6, 6.07) is 13.4. The second-order valence-electron chi connectivity index (χ2n) is 13.0. The zero-order chi connectivity index (χ0) is 35.8. The molecule has 3 unspecified atom stereocenters. The molecule has 0 aliphatic heterocycles. The molecule has 2 aromatic rings. The number of allylic oxidation sites excluding steroid dienone is 8. The van der Waals surface area contributed by atoms with Crippen molar-refractivity contribution in [3.8, 4) is 11.1 Å². The summed E-state index contributed by atoms with van der Waals surface area (Å²) in [5, 5.41) is 26.8. The molecule has 2 aromatic carbocycles. The highest BCUT2D eigenvalue weighted by atomic mass is 16.5. The number of carbonyl (C=O) groups excluding carboxylic acids is 2. The van der Waals surface area contributed by atoms with Gasteiger partial charge in [0, 0.05) is 29.9 Å². The molecule has 2 aliphatic carbocycles. The summed E-state index contributed by atoms with van der Waals surface area (Å²) >= 11 is 0. The van der Waals surface area contributed by atoms with Crippen LogP contribution in [0.2, 0.25) is 0 Å². The summed E-state index contributed by atoms with van der Waals surface area (Å²) in [6.45, 7) is 12.7. The largest absolute Gasteiger partial charge is 0.462 e. The van der Waals surface area contributed by atoms with Gasteiger partial charge < -0.3 is 20.1 Å². The Kier molecular flexibility index (Phi) is 16.4. The lowest BCUT2D eigenvalue weighted by Crippen LogP contribution is -2.19. The standard InChI is InChI=1S/C39H48O4.C4H6O2/c1-5-7-8-9-29-12-14-34-23-36(16-15-33(34)21-29)38-19-17-35(22-32(38)6-2)37-18-13-30(20-27(37)3)10-11-31(25-41)26-43-39(42)28(4)24-40;1-4(2-5)3-6/h12-23,31,33-34,40-41H,4-11,24-26H2,1-3H3;2,6H,1,3H2. The lowest BCUT2D eigenvalue weighted by Gasteiger charge is -2.26. The van der Waals surface area contributed by atoms with E-state index in [-0.39, 0.29) is 36.9 Å². The van der Waals surface area contributed by atoms with Crippen molar-refractivity contribution in [1.82, 2.24) is 0 Å². The van der Waals surface area contributed by atoms with E-state index in [9.17, 15) is 14.7 Å². The highest BCUT2D eigenvalue weighted by Crippen LogP contribution is 2.37. The Labute approximate surface area is 292 Å². The van der Waals surface area contributed by atoms with E-state index >= 15 is 0 Å². The van der Waals surface area contributed by atoms with E-state index in [1.807, 2.05) is 0 Å². The zero-order valence-electron chi connectivity index (χ0n) is 29.5. The van der Waals surface area contributed by atoms with Crippen molar-refractivity contribution >= 4 is 17.8 Å². The monoisotopic (exact) mass is 666 g/mol. The number of unbranched alkanes of at least 4 members (excludes halogenated alkanes) is 2. The predicted molar refractivity (Wildman–Crippen MR) is 200 cm³/mol. The molecule has 0 radical (unpaired) electrons. The van der Waals surface area contributed by atoms with Crippen LogP contribution in [0.15, 0.2) is 103 Å². The molecule has 3 N–H and O–H groups in total. The van der Waals surface area contributed by atoms with Crippen LogP contribution in [0.5, 0.6) is 0 Å². The second-order valence-corrected chi connectivity index (χ2v) is 13.0. The number of hydrogen-bond donors (Lipinski definition) is 3. The molecule has 3 atom stereocenters. The number of aliphatic hydroxyl groups excluding tert-OH is 3. The molecule has 4 rings (SSSR count). The highest BCUT2D eigenvalue weighted by Gasteiger charge is 2.22. The zero-order valence-corrected chi connectivity index (χ0v) is 29.5. The molecular weight excluding hydrogens is 612 g/mol. The molecule has 0 aromatic heterocycles. The molecule has 262 valence electrons. The molecule has 49 heavy (non-hydrogen) atoms. The lowest BCUT2D eigenvalue weighted by molar-refractivity contribution is -0.141. The molecule has 0 saturated heterocycles. The van der Waals surface area contributed by atoms with E-state index in [0.29, 0.717) is 24.5 Å². The average molecular weight is 667 g/mol. The Hall–Kier alpha value is -4.10. The number of ether oxygens (including phenoxy) is 1. The predicted octanol–water partition coefficient (Wildman–Crippen LogP) is 7.85. The van der Waals surface area contributed by atoms with E-state index in [4.69, 9.17) is 14.9 Å². The molecule has 2 aliphatic rings. The fourth-order valence-corrected chi connectivity index (χ4v) is 6.07. The van der Waals surface area contributed by atoms with Gasteiger partial charge in [0.1, 0.15) is 6.29 Å². The minimum atomic E-state index is -0.617. The van der Waals surface area contributed by atoms with Crippen molar-refractivity contribution in [1.29, 1.82) is 0 Å². The van der Waals surface area contributed by atoms with Crippen LogP contribution < -0.4 is 0 Å². The van der Waals surface area contributed by atoms with Crippen LogP contribution in [0.25, 0.3) is 16.7 Å². The Morgan fingerprint density at radius 3 is 2.29 bits per heavy atom. The van der Waals surface area contributed by atoms with Gasteiger partial charge in [0.15, 0.2) is 0 Å². The summed E-state index contributed by atoms with van der Waals surface area (Å²) in [5.74, 6) is 0.103. The van der Waals surface area contributed by atoms with Gasteiger partial charge in [0.2, 0.25) is 0 Å². The van der Waals surface area contributed by atoms with E-state index in [0.717, 1.165) is 12.8 Å². The smallest absolute Gasteiger partial charge is 0.335 e. The number of benzene rings is 2. The lowest BCUT2D eigenvalue weighted by atomic mass is 9.78. The van der Waals surface area contributed by atoms with Crippen LogP contribution >= 0.6 is 0 Å². The number of aldehydes is 1. The first-order chi connectivity index (χ1) is 23.7. The van der Waals surface area contributed by atoms with E-state index < -0.39 is 12.6 Å². The highest BCUT2D eigenvalue weighted by molar-refractivity contribution is 5.87. The molecule has 6 nitrogen and oxygen atoms in total. The third-order valence-corrected chi connectivity index (χ3v) is 9.12. The Balaban J connectivity index is 0.000000992. The Morgan fingerprint density at radius 2 is 1.65 bits per heavy atom. The minimum Gasteiger partial charge on any atom is -0.462 e. The SMILES string of the molecule is C=C(C=O)CO.C=C(CO)C(=O)OCC(CO)CCc1ccc(-c2ccc(C3=CC4C=CC(CCCCC)=CC4C=C3)c(CC)c2)c(C)c1. The van der Waals surface area contributed by atoms with Crippen molar-refractivity contribution < 1.29 is 29.6 Å². The molecule has 0 fully saturated rings. The summed E-state index contributed by atoms with van der Waals surface area (Å²) < 4.78 is 5.19. The molecule has 0 amide bonds. The number of esters is 1. The topological polar surface area (TPSA) is 104 Å². The maximum atomic E-state index is 11.8. The normalized spacial score (nSPS) is 16.8. The van der Waals surface area contributed by atoms with Crippen molar-refractivity contribution in [2.24, 2.45) is 17.8 Å². The molecule has 0 saturated carbocycles.